The molecule has 1 heterocycles. The number of ketones is 1. The van der Waals surface area contributed by atoms with Crippen LogP contribution in [0.15, 0.2) is 65.9 Å². The predicted molar refractivity (Wildman–Crippen MR) is 125 cm³/mol. The van der Waals surface area contributed by atoms with Gasteiger partial charge in [-0.15, -0.1) is 0 Å². The highest BCUT2D eigenvalue weighted by atomic mass is 16.5. The summed E-state index contributed by atoms with van der Waals surface area (Å²) in [7, 11) is 3.84. The van der Waals surface area contributed by atoms with E-state index in [1.54, 1.807) is 4.90 Å². The van der Waals surface area contributed by atoms with E-state index in [0.29, 0.717) is 30.8 Å². The van der Waals surface area contributed by atoms with E-state index in [9.17, 15) is 14.7 Å². The van der Waals surface area contributed by atoms with Crippen molar-refractivity contribution in [3.63, 3.8) is 0 Å². The molecule has 1 amide bonds. The zero-order valence-corrected chi connectivity index (χ0v) is 19.2. The molecule has 0 aliphatic carbocycles. The lowest BCUT2D eigenvalue weighted by Gasteiger charge is -2.29. The maximum atomic E-state index is 13.3. The molecule has 1 unspecified atom stereocenters. The molecule has 1 aliphatic rings. The molecular weight excluding hydrogens is 404 g/mol. The number of amides is 1. The summed E-state index contributed by atoms with van der Waals surface area (Å²) in [6.45, 7) is 4.85. The Hall–Kier alpha value is -3.12. The minimum Gasteiger partial charge on any atom is -0.503 e. The van der Waals surface area contributed by atoms with Crippen LogP contribution in [0.5, 0.6) is 5.75 Å². The van der Waals surface area contributed by atoms with Gasteiger partial charge in [0.1, 0.15) is 5.75 Å². The molecule has 1 atom stereocenters. The number of nitrogens with zero attached hydrogens (tertiary/aromatic N) is 2. The molecule has 6 nitrogen and oxygen atoms in total. The van der Waals surface area contributed by atoms with Crippen LogP contribution in [0.2, 0.25) is 0 Å². The monoisotopic (exact) mass is 436 g/mol. The molecule has 3 rings (SSSR count). The van der Waals surface area contributed by atoms with E-state index in [1.165, 1.54) is 0 Å². The lowest BCUT2D eigenvalue weighted by molar-refractivity contribution is -0.129. The van der Waals surface area contributed by atoms with Crippen molar-refractivity contribution in [1.82, 2.24) is 9.80 Å². The van der Waals surface area contributed by atoms with Crippen molar-refractivity contribution in [2.45, 2.75) is 38.8 Å². The first-order valence-electron chi connectivity index (χ1n) is 11.0. The van der Waals surface area contributed by atoms with Crippen molar-refractivity contribution in [3.8, 4) is 5.75 Å². The summed E-state index contributed by atoms with van der Waals surface area (Å²) in [5.74, 6) is -0.583. The molecule has 0 aromatic heterocycles. The van der Waals surface area contributed by atoms with Gasteiger partial charge in [0.2, 0.25) is 0 Å². The summed E-state index contributed by atoms with van der Waals surface area (Å²) < 4.78 is 6.00. The number of para-hydroxylation sites is 1. The predicted octanol–water partition coefficient (Wildman–Crippen LogP) is 3.93. The van der Waals surface area contributed by atoms with Crippen LogP contribution in [0, 0.1) is 0 Å². The Morgan fingerprint density at radius 2 is 1.75 bits per heavy atom. The molecule has 6 heteroatoms. The number of hydrogen-bond acceptors (Lipinski definition) is 5. The Morgan fingerprint density at radius 3 is 2.41 bits per heavy atom. The van der Waals surface area contributed by atoms with Crippen LogP contribution in [0.4, 0.5) is 0 Å². The van der Waals surface area contributed by atoms with Gasteiger partial charge in [0.15, 0.2) is 11.5 Å². The summed E-state index contributed by atoms with van der Waals surface area (Å²) >= 11 is 0. The second kappa shape index (κ2) is 10.5. The Kier molecular flexibility index (Phi) is 7.70. The zero-order chi connectivity index (χ0) is 23.3. The molecule has 170 valence electrons. The smallest absolute Gasteiger partial charge is 0.290 e. The van der Waals surface area contributed by atoms with Crippen LogP contribution in [0.3, 0.4) is 0 Å². The normalized spacial score (nSPS) is 16.4. The number of rotatable bonds is 10. The first kappa shape index (κ1) is 23.5. The van der Waals surface area contributed by atoms with Crippen molar-refractivity contribution in [3.05, 3.63) is 77.1 Å². The molecule has 0 bridgehead atoms. The summed E-state index contributed by atoms with van der Waals surface area (Å²) in [5.41, 5.74) is 1.90. The number of carbonyl (C=O) groups excluding carboxylic acids is 2. The number of carbonyl (C=O) groups is 2. The minimum absolute atomic E-state index is 0.0710. The van der Waals surface area contributed by atoms with E-state index in [-0.39, 0.29) is 23.9 Å². The zero-order valence-electron chi connectivity index (χ0n) is 19.2. The van der Waals surface area contributed by atoms with Gasteiger partial charge in [-0.05, 0) is 46.0 Å². The van der Waals surface area contributed by atoms with E-state index in [1.807, 2.05) is 87.4 Å². The largest absolute Gasteiger partial charge is 0.503 e. The van der Waals surface area contributed by atoms with Crippen LogP contribution in [-0.4, -0.2) is 59.9 Å². The molecule has 1 aliphatic heterocycles. The van der Waals surface area contributed by atoms with Gasteiger partial charge in [-0.25, -0.2) is 0 Å². The van der Waals surface area contributed by atoms with Crippen LogP contribution in [0.25, 0.3) is 0 Å². The van der Waals surface area contributed by atoms with Crippen LogP contribution in [0.1, 0.15) is 37.4 Å². The quantitative estimate of drug-likeness (QED) is 0.611. The second-order valence-corrected chi connectivity index (χ2v) is 8.58. The van der Waals surface area contributed by atoms with Crippen molar-refractivity contribution in [1.29, 1.82) is 0 Å². The molecule has 1 N–H and O–H groups in total. The van der Waals surface area contributed by atoms with E-state index in [0.717, 1.165) is 5.56 Å². The maximum Gasteiger partial charge on any atom is 0.290 e. The number of Topliss-reactive ketones (excluding diaryl/α,β-unsaturated/α-hetero) is 1. The fourth-order valence-corrected chi connectivity index (χ4v) is 3.91. The number of benzene rings is 2. The highest BCUT2D eigenvalue weighted by molar-refractivity contribution is 6.09. The van der Waals surface area contributed by atoms with Crippen molar-refractivity contribution < 1.29 is 19.4 Å². The number of aryl methyl sites for hydroxylation is 1. The summed E-state index contributed by atoms with van der Waals surface area (Å²) in [6, 6.07) is 16.5. The van der Waals surface area contributed by atoms with Gasteiger partial charge in [0.25, 0.3) is 5.91 Å². The molecule has 2 aromatic carbocycles. The van der Waals surface area contributed by atoms with Crippen molar-refractivity contribution in [2.75, 3.05) is 27.2 Å². The maximum absolute atomic E-state index is 13.3. The van der Waals surface area contributed by atoms with Crippen LogP contribution in [-0.2, 0) is 16.0 Å². The lowest BCUT2D eigenvalue weighted by Crippen LogP contribution is -2.36. The number of ether oxygens (including phenoxy) is 1. The first-order chi connectivity index (χ1) is 15.3. The van der Waals surface area contributed by atoms with Gasteiger partial charge in [-0.3, -0.25) is 9.59 Å². The Labute approximate surface area is 190 Å². The molecule has 0 saturated carbocycles. The van der Waals surface area contributed by atoms with Gasteiger partial charge >= 0.3 is 0 Å². The molecular formula is C26H32N2O4. The lowest BCUT2D eigenvalue weighted by atomic mass is 9.92. The van der Waals surface area contributed by atoms with Crippen molar-refractivity contribution >= 4 is 11.7 Å². The number of likely N-dealkylation sites (N-methyl/N-ethyl adjacent to an activating group) is 1. The third kappa shape index (κ3) is 5.37. The van der Waals surface area contributed by atoms with E-state index in [4.69, 9.17) is 4.74 Å². The SMILES string of the molecule is CC(C)Oc1ccccc1C1C(C(=O)CCc2ccccc2)=C(O)C(=O)N1CCN(C)C. The summed E-state index contributed by atoms with van der Waals surface area (Å²) in [5, 5.41) is 10.8. The Bertz CT molecular complexity index is 982. The van der Waals surface area contributed by atoms with Gasteiger partial charge in [-0.1, -0.05) is 48.5 Å². The third-order valence-electron chi connectivity index (χ3n) is 5.45. The second-order valence-electron chi connectivity index (χ2n) is 8.58. The molecule has 32 heavy (non-hydrogen) atoms. The molecule has 0 spiro atoms. The highest BCUT2D eigenvalue weighted by Crippen LogP contribution is 2.42. The minimum atomic E-state index is -0.680. The van der Waals surface area contributed by atoms with Gasteiger partial charge in [0.05, 0.1) is 17.7 Å². The summed E-state index contributed by atoms with van der Waals surface area (Å²) in [6.07, 6.45) is 0.680. The van der Waals surface area contributed by atoms with Crippen molar-refractivity contribution in [2.24, 2.45) is 0 Å². The number of hydrogen-bond donors (Lipinski definition) is 1. The number of aliphatic hydroxyl groups is 1. The number of aliphatic hydroxyl groups excluding tert-OH is 1. The van der Waals surface area contributed by atoms with Gasteiger partial charge in [0, 0.05) is 25.1 Å². The average molecular weight is 437 g/mol. The molecule has 0 fully saturated rings. The van der Waals surface area contributed by atoms with Gasteiger partial charge in [-0.2, -0.15) is 0 Å². The fourth-order valence-electron chi connectivity index (χ4n) is 3.91. The molecule has 0 radical (unpaired) electrons. The average Bonchev–Trinajstić information content (AvgIpc) is 3.01. The topological polar surface area (TPSA) is 70.1 Å². The highest BCUT2D eigenvalue weighted by Gasteiger charge is 2.44. The van der Waals surface area contributed by atoms with Crippen LogP contribution < -0.4 is 4.74 Å². The Balaban J connectivity index is 1.97. The Morgan fingerprint density at radius 1 is 1.09 bits per heavy atom. The molecule has 2 aromatic rings. The molecule has 0 saturated heterocycles. The summed E-state index contributed by atoms with van der Waals surface area (Å²) in [4.78, 5) is 29.9. The van der Waals surface area contributed by atoms with Crippen LogP contribution >= 0.6 is 0 Å². The standard InChI is InChI=1S/C26H32N2O4/c1-18(2)32-22-13-9-8-12-20(22)24-23(21(29)15-14-19-10-6-5-7-11-19)25(30)26(31)28(24)17-16-27(3)4/h5-13,18,24,30H,14-17H2,1-4H3. The van der Waals surface area contributed by atoms with E-state index < -0.39 is 17.7 Å². The third-order valence-corrected chi connectivity index (χ3v) is 5.45. The first-order valence-corrected chi connectivity index (χ1v) is 11.0. The van der Waals surface area contributed by atoms with E-state index in [2.05, 4.69) is 0 Å². The van der Waals surface area contributed by atoms with Gasteiger partial charge < -0.3 is 19.6 Å². The van der Waals surface area contributed by atoms with E-state index >= 15 is 0 Å². The fraction of sp³-hybridized carbons (Fsp3) is 0.385.